The van der Waals surface area contributed by atoms with Gasteiger partial charge in [0.2, 0.25) is 5.95 Å². The third-order valence-corrected chi connectivity index (χ3v) is 3.82. The second-order valence-electron chi connectivity index (χ2n) is 5.10. The Bertz CT molecular complexity index is 793. The Morgan fingerprint density at radius 3 is 2.50 bits per heavy atom. The normalized spacial score (nSPS) is 10.4. The first-order valence-electron chi connectivity index (χ1n) is 7.40. The van der Waals surface area contributed by atoms with Crippen molar-refractivity contribution in [2.24, 2.45) is 0 Å². The van der Waals surface area contributed by atoms with Gasteiger partial charge in [0.25, 0.3) is 0 Å². The van der Waals surface area contributed by atoms with Crippen LogP contribution in [0.5, 0.6) is 0 Å². The highest BCUT2D eigenvalue weighted by molar-refractivity contribution is 9.10. The Hall–Kier alpha value is -2.54. The van der Waals surface area contributed by atoms with E-state index in [0.29, 0.717) is 18.3 Å². The van der Waals surface area contributed by atoms with Crippen LogP contribution in [0.3, 0.4) is 0 Å². The molecule has 0 unspecified atom stereocenters. The van der Waals surface area contributed by atoms with E-state index in [-0.39, 0.29) is 5.82 Å². The number of rotatable bonds is 6. The maximum Gasteiger partial charge on any atom is 0.249 e. The van der Waals surface area contributed by atoms with E-state index in [2.05, 4.69) is 41.7 Å². The molecule has 0 fully saturated rings. The van der Waals surface area contributed by atoms with Gasteiger partial charge in [-0.05, 0) is 48.4 Å². The first-order chi connectivity index (χ1) is 11.7. The summed E-state index contributed by atoms with van der Waals surface area (Å²) in [5.74, 6) is 0.825. The van der Waals surface area contributed by atoms with Gasteiger partial charge < -0.3 is 10.6 Å². The molecule has 0 aliphatic heterocycles. The summed E-state index contributed by atoms with van der Waals surface area (Å²) in [5, 5.41) is 14.2. The van der Waals surface area contributed by atoms with Crippen LogP contribution in [-0.2, 0) is 6.42 Å². The van der Waals surface area contributed by atoms with Crippen molar-refractivity contribution in [3.8, 4) is 0 Å². The van der Waals surface area contributed by atoms with Crippen molar-refractivity contribution >= 4 is 33.4 Å². The third-order valence-electron chi connectivity index (χ3n) is 3.29. The fraction of sp³-hybridized carbons (Fsp3) is 0.118. The molecule has 0 aliphatic rings. The molecule has 0 aliphatic carbocycles. The van der Waals surface area contributed by atoms with Gasteiger partial charge in [-0.2, -0.15) is 10.1 Å². The molecule has 2 N–H and O–H groups in total. The SMILES string of the molecule is Fc1ccc(CCNc2cnnc(Nc3ccc(Br)cc3)n2)cc1. The second-order valence-corrected chi connectivity index (χ2v) is 6.02. The zero-order valence-corrected chi connectivity index (χ0v) is 14.3. The van der Waals surface area contributed by atoms with E-state index in [1.807, 2.05) is 24.3 Å². The van der Waals surface area contributed by atoms with E-state index in [1.165, 1.54) is 12.1 Å². The molecule has 7 heteroatoms. The molecule has 0 atom stereocenters. The summed E-state index contributed by atoms with van der Waals surface area (Å²) in [5.41, 5.74) is 1.93. The minimum absolute atomic E-state index is 0.227. The number of nitrogens with one attached hydrogen (secondary N) is 2. The number of aromatic nitrogens is 3. The summed E-state index contributed by atoms with van der Waals surface area (Å²) >= 11 is 3.39. The highest BCUT2D eigenvalue weighted by Crippen LogP contribution is 2.17. The molecular formula is C17H15BrFN5. The maximum atomic E-state index is 12.9. The van der Waals surface area contributed by atoms with E-state index < -0.39 is 0 Å². The Morgan fingerprint density at radius 2 is 1.75 bits per heavy atom. The van der Waals surface area contributed by atoms with E-state index in [9.17, 15) is 4.39 Å². The Morgan fingerprint density at radius 1 is 1.00 bits per heavy atom. The number of halogens is 2. The molecule has 2 aromatic carbocycles. The zero-order chi connectivity index (χ0) is 16.8. The number of nitrogens with zero attached hydrogens (tertiary/aromatic N) is 3. The fourth-order valence-corrected chi connectivity index (χ4v) is 2.35. The van der Waals surface area contributed by atoms with Crippen LogP contribution in [0.2, 0.25) is 0 Å². The van der Waals surface area contributed by atoms with Crippen LogP contribution in [0.15, 0.2) is 59.2 Å². The van der Waals surface area contributed by atoms with Crippen LogP contribution in [-0.4, -0.2) is 21.7 Å². The van der Waals surface area contributed by atoms with Crippen LogP contribution in [0.1, 0.15) is 5.56 Å². The topological polar surface area (TPSA) is 62.7 Å². The molecule has 0 saturated carbocycles. The Kier molecular flexibility index (Phi) is 5.32. The van der Waals surface area contributed by atoms with Crippen molar-refractivity contribution < 1.29 is 4.39 Å². The van der Waals surface area contributed by atoms with E-state index >= 15 is 0 Å². The van der Waals surface area contributed by atoms with Crippen molar-refractivity contribution in [1.29, 1.82) is 0 Å². The van der Waals surface area contributed by atoms with Crippen molar-refractivity contribution in [3.63, 3.8) is 0 Å². The van der Waals surface area contributed by atoms with Gasteiger partial charge in [0.05, 0.1) is 6.20 Å². The zero-order valence-electron chi connectivity index (χ0n) is 12.7. The number of anilines is 3. The molecule has 5 nitrogen and oxygen atoms in total. The lowest BCUT2D eigenvalue weighted by molar-refractivity contribution is 0.627. The maximum absolute atomic E-state index is 12.9. The summed E-state index contributed by atoms with van der Waals surface area (Å²) in [7, 11) is 0. The molecule has 0 bridgehead atoms. The minimum Gasteiger partial charge on any atom is -0.368 e. The van der Waals surface area contributed by atoms with Crippen molar-refractivity contribution in [2.45, 2.75) is 6.42 Å². The van der Waals surface area contributed by atoms with Gasteiger partial charge in [-0.15, -0.1) is 5.10 Å². The smallest absolute Gasteiger partial charge is 0.249 e. The molecule has 1 aromatic heterocycles. The van der Waals surface area contributed by atoms with Crippen LogP contribution >= 0.6 is 15.9 Å². The van der Waals surface area contributed by atoms with Gasteiger partial charge in [0.15, 0.2) is 5.82 Å². The number of hydrogen-bond acceptors (Lipinski definition) is 5. The van der Waals surface area contributed by atoms with Crippen LogP contribution in [0.25, 0.3) is 0 Å². The Balaban J connectivity index is 1.56. The van der Waals surface area contributed by atoms with Gasteiger partial charge in [0, 0.05) is 16.7 Å². The molecule has 3 rings (SSSR count). The molecule has 1 heterocycles. The lowest BCUT2D eigenvalue weighted by atomic mass is 10.1. The molecule has 0 saturated heterocycles. The lowest BCUT2D eigenvalue weighted by Gasteiger charge is -2.08. The van der Waals surface area contributed by atoms with E-state index in [4.69, 9.17) is 0 Å². The highest BCUT2D eigenvalue weighted by Gasteiger charge is 2.02. The van der Waals surface area contributed by atoms with Gasteiger partial charge in [-0.1, -0.05) is 28.1 Å². The average molecular weight is 388 g/mol. The van der Waals surface area contributed by atoms with Crippen molar-refractivity contribution in [3.05, 3.63) is 70.6 Å². The van der Waals surface area contributed by atoms with Crippen LogP contribution < -0.4 is 10.6 Å². The molecular weight excluding hydrogens is 373 g/mol. The second kappa shape index (κ2) is 7.83. The van der Waals surface area contributed by atoms with Crippen LogP contribution in [0.4, 0.5) is 21.8 Å². The summed E-state index contributed by atoms with van der Waals surface area (Å²) in [6.45, 7) is 0.669. The lowest BCUT2D eigenvalue weighted by Crippen LogP contribution is -2.08. The van der Waals surface area contributed by atoms with E-state index in [0.717, 1.165) is 22.1 Å². The predicted octanol–water partition coefficient (Wildman–Crippen LogP) is 4.17. The van der Waals surface area contributed by atoms with Gasteiger partial charge in [-0.3, -0.25) is 0 Å². The van der Waals surface area contributed by atoms with Crippen molar-refractivity contribution in [1.82, 2.24) is 15.2 Å². The first kappa shape index (κ1) is 16.3. The minimum atomic E-state index is -0.227. The molecule has 3 aromatic rings. The van der Waals surface area contributed by atoms with Gasteiger partial charge >= 0.3 is 0 Å². The van der Waals surface area contributed by atoms with Crippen LogP contribution in [0, 0.1) is 5.82 Å². The third kappa shape index (κ3) is 4.73. The standard InChI is InChI=1S/C17H15BrFN5/c18-13-3-7-15(8-4-13)22-17-23-16(11-21-24-17)20-10-9-12-1-5-14(19)6-2-12/h1-8,11H,9-10H2,(H2,20,22,23,24). The molecule has 24 heavy (non-hydrogen) atoms. The first-order valence-corrected chi connectivity index (χ1v) is 8.19. The summed E-state index contributed by atoms with van der Waals surface area (Å²) < 4.78 is 13.9. The average Bonchev–Trinajstić information content (AvgIpc) is 2.59. The number of benzene rings is 2. The summed E-state index contributed by atoms with van der Waals surface area (Å²) in [4.78, 5) is 4.37. The van der Waals surface area contributed by atoms with E-state index in [1.54, 1.807) is 18.3 Å². The molecule has 122 valence electrons. The van der Waals surface area contributed by atoms with Gasteiger partial charge in [0.1, 0.15) is 5.82 Å². The van der Waals surface area contributed by atoms with Crippen molar-refractivity contribution in [2.75, 3.05) is 17.2 Å². The Labute approximate surface area is 147 Å². The monoisotopic (exact) mass is 387 g/mol. The molecule has 0 radical (unpaired) electrons. The number of hydrogen-bond donors (Lipinski definition) is 2. The highest BCUT2D eigenvalue weighted by atomic mass is 79.9. The summed E-state index contributed by atoms with van der Waals surface area (Å²) in [6, 6.07) is 14.2. The molecule has 0 spiro atoms. The predicted molar refractivity (Wildman–Crippen MR) is 95.8 cm³/mol. The fourth-order valence-electron chi connectivity index (χ4n) is 2.09. The summed E-state index contributed by atoms with van der Waals surface area (Å²) in [6.07, 6.45) is 2.33. The quantitative estimate of drug-likeness (QED) is 0.664. The molecule has 0 amide bonds. The van der Waals surface area contributed by atoms with Gasteiger partial charge in [-0.25, -0.2) is 4.39 Å². The largest absolute Gasteiger partial charge is 0.368 e.